The highest BCUT2D eigenvalue weighted by atomic mass is 35.5. The molecular formula is C67H70BCl4N2O20. The van der Waals surface area contributed by atoms with Gasteiger partial charge in [0.25, 0.3) is 0 Å². The van der Waals surface area contributed by atoms with Crippen LogP contribution in [0, 0.1) is 52.3 Å². The van der Waals surface area contributed by atoms with E-state index in [1.165, 1.54) is 36.4 Å². The van der Waals surface area contributed by atoms with Crippen LogP contribution in [0.5, 0.6) is 23.0 Å². The highest BCUT2D eigenvalue weighted by Gasteiger charge is 2.67. The second-order valence-corrected chi connectivity index (χ2v) is 24.7. The first-order chi connectivity index (χ1) is 44.1. The highest BCUT2D eigenvalue weighted by Crippen LogP contribution is 2.59. The molecule has 27 heteroatoms. The number of phenolic OH excluding ortho intramolecular Hbond substituents is 3. The fraction of sp³-hybridized carbons (Fsp3) is 0.388. The van der Waals surface area contributed by atoms with Gasteiger partial charge in [0, 0.05) is 25.1 Å². The van der Waals surface area contributed by atoms with Crippen molar-refractivity contribution in [1.82, 2.24) is 10.5 Å². The number of aromatic nitrogens is 1. The summed E-state index contributed by atoms with van der Waals surface area (Å²) in [4.78, 5) is 98.5. The number of hydrogen-bond donors (Lipinski definition) is 8. The number of para-hydroxylation sites is 1. The van der Waals surface area contributed by atoms with Crippen molar-refractivity contribution in [2.45, 2.75) is 92.6 Å². The molecule has 0 spiro atoms. The molecule has 0 bridgehead atoms. The highest BCUT2D eigenvalue weighted by molar-refractivity contribution is 6.37. The number of halogens is 4. The van der Waals surface area contributed by atoms with Crippen LogP contribution in [0.1, 0.15) is 86.9 Å². The van der Waals surface area contributed by atoms with Gasteiger partial charge in [-0.25, -0.2) is 5.48 Å². The maximum absolute atomic E-state index is 12.6. The number of carboxylic acids is 3. The summed E-state index contributed by atoms with van der Waals surface area (Å²) in [6, 6.07) is 29.2. The lowest BCUT2D eigenvalue weighted by atomic mass is 9.93. The fourth-order valence-electron chi connectivity index (χ4n) is 11.6. The average molecular weight is 1380 g/mol. The summed E-state index contributed by atoms with van der Waals surface area (Å²) in [6.07, 6.45) is 2.09. The number of carboxylic acid groups (broad SMARTS) is 3. The maximum atomic E-state index is 12.6. The van der Waals surface area contributed by atoms with Crippen molar-refractivity contribution in [2.75, 3.05) is 26.4 Å². The quantitative estimate of drug-likeness (QED) is 0.00971. The molecule has 8 N–H and O–H groups in total. The number of benzene rings is 5. The minimum atomic E-state index is -1.08. The molecule has 4 fully saturated rings. The number of aryl methyl sites for hydroxylation is 1. The average Bonchev–Trinajstić information content (AvgIpc) is 1.61. The van der Waals surface area contributed by atoms with Crippen molar-refractivity contribution in [3.8, 4) is 23.0 Å². The topological polar surface area (TPSA) is 349 Å². The molecule has 1 aromatic heterocycles. The predicted octanol–water partition coefficient (Wildman–Crippen LogP) is 10.7. The second kappa shape index (κ2) is 31.7. The van der Waals surface area contributed by atoms with Crippen molar-refractivity contribution in [3.05, 3.63) is 157 Å². The summed E-state index contributed by atoms with van der Waals surface area (Å²) in [7, 11) is 0. The van der Waals surface area contributed by atoms with Gasteiger partial charge < -0.3 is 54.3 Å². The van der Waals surface area contributed by atoms with E-state index in [-0.39, 0.29) is 99.3 Å². The van der Waals surface area contributed by atoms with E-state index in [0.717, 1.165) is 33.3 Å². The number of nitrogens with one attached hydrogen (secondary N) is 1. The minimum absolute atomic E-state index is 0. The molecule has 4 saturated carbocycles. The van der Waals surface area contributed by atoms with Crippen molar-refractivity contribution in [3.63, 3.8) is 0 Å². The zero-order valence-electron chi connectivity index (χ0n) is 51.8. The van der Waals surface area contributed by atoms with Crippen LogP contribution in [0.15, 0.2) is 103 Å². The SMILES string of the molecule is CCOC(=O)[C@@]1(Cc2cc(Cl)c(O)c(Cl)c2)CC1C(=O)O.CCOC(=O)[C@@]1(Cc2ccc(O)c(Cl)c2)CC1C(=O)O.CCOC(=O)[C@@]1(Cc2ccc(O)cc2)CC1C(=O)O.CCOC(=O)[C@@]1(Cc2ccc(OCc3cc(C)nc4ccccc34)c(Cl)c2)CC1C(=O)NO.[B]. The number of esters is 4. The lowest BCUT2D eigenvalue weighted by molar-refractivity contribution is -0.153. The Bertz CT molecular complexity index is 3800. The van der Waals surface area contributed by atoms with Crippen LogP contribution in [-0.4, -0.2) is 123 Å². The Labute approximate surface area is 562 Å². The van der Waals surface area contributed by atoms with E-state index >= 15 is 0 Å². The maximum Gasteiger partial charge on any atom is 0.313 e. The molecular weight excluding hydrogens is 1310 g/mol. The van der Waals surface area contributed by atoms with Gasteiger partial charge in [-0.2, -0.15) is 0 Å². The third kappa shape index (κ3) is 17.3. The van der Waals surface area contributed by atoms with Crippen LogP contribution in [0.2, 0.25) is 20.1 Å². The summed E-state index contributed by atoms with van der Waals surface area (Å²) in [5.41, 5.74) is 3.30. The number of phenols is 3. The van der Waals surface area contributed by atoms with E-state index in [4.69, 9.17) is 90.6 Å². The first kappa shape index (κ1) is 74.7. The lowest BCUT2D eigenvalue weighted by Gasteiger charge is -2.17. The molecule has 5 aromatic carbocycles. The molecule has 1 amide bonds. The Kier molecular flexibility index (Phi) is 25.2. The summed E-state index contributed by atoms with van der Waals surface area (Å²) >= 11 is 24.0. The van der Waals surface area contributed by atoms with Crippen molar-refractivity contribution >= 4 is 113 Å². The molecule has 4 aliphatic rings. The molecule has 1 heterocycles. The van der Waals surface area contributed by atoms with Crippen LogP contribution < -0.4 is 10.2 Å². The predicted molar refractivity (Wildman–Crippen MR) is 344 cm³/mol. The monoisotopic (exact) mass is 1370 g/mol. The molecule has 0 aliphatic heterocycles. The van der Waals surface area contributed by atoms with Crippen LogP contribution in [0.4, 0.5) is 0 Å². The molecule has 499 valence electrons. The molecule has 22 nitrogen and oxygen atoms in total. The van der Waals surface area contributed by atoms with E-state index in [1.807, 2.05) is 43.3 Å². The van der Waals surface area contributed by atoms with Gasteiger partial charge in [-0.3, -0.25) is 48.5 Å². The smallest absolute Gasteiger partial charge is 0.313 e. The first-order valence-electron chi connectivity index (χ1n) is 29.6. The van der Waals surface area contributed by atoms with E-state index < -0.39 is 93.0 Å². The van der Waals surface area contributed by atoms with E-state index in [9.17, 15) is 53.7 Å². The van der Waals surface area contributed by atoms with Gasteiger partial charge in [0.05, 0.1) is 97.4 Å². The van der Waals surface area contributed by atoms with Gasteiger partial charge in [-0.05, 0) is 169 Å². The number of rotatable bonds is 23. The Morgan fingerprint density at radius 2 is 0.904 bits per heavy atom. The molecule has 4 aliphatic carbocycles. The summed E-state index contributed by atoms with van der Waals surface area (Å²) in [6.45, 7) is 9.88. The van der Waals surface area contributed by atoms with Gasteiger partial charge >= 0.3 is 41.8 Å². The number of ether oxygens (including phenoxy) is 5. The molecule has 94 heavy (non-hydrogen) atoms. The molecule has 4 unspecified atom stereocenters. The Morgan fingerprint density at radius 3 is 1.33 bits per heavy atom. The van der Waals surface area contributed by atoms with E-state index in [0.29, 0.717) is 47.8 Å². The summed E-state index contributed by atoms with van der Waals surface area (Å²) in [5.74, 6) is -7.95. The number of amides is 1. The number of hydrogen-bond acceptors (Lipinski definition) is 18. The fourth-order valence-corrected chi connectivity index (χ4v) is 12.6. The largest absolute Gasteiger partial charge is 0.508 e. The number of aromatic hydroxyl groups is 3. The summed E-state index contributed by atoms with van der Waals surface area (Å²) in [5, 5.41) is 66.1. The van der Waals surface area contributed by atoms with Gasteiger partial charge in [0.15, 0.2) is 5.75 Å². The Balaban J connectivity index is 0.000000204. The zero-order chi connectivity index (χ0) is 68.3. The first-order valence-corrected chi connectivity index (χ1v) is 31.1. The minimum Gasteiger partial charge on any atom is -0.508 e. The van der Waals surface area contributed by atoms with Crippen molar-refractivity contribution in [2.24, 2.45) is 45.3 Å². The normalized spacial score (nSPS) is 22.2. The summed E-state index contributed by atoms with van der Waals surface area (Å²) < 4.78 is 26.2. The number of pyridine rings is 1. The molecule has 0 saturated heterocycles. The van der Waals surface area contributed by atoms with Crippen LogP contribution in [0.25, 0.3) is 10.9 Å². The van der Waals surface area contributed by atoms with E-state index in [2.05, 4.69) is 4.98 Å². The van der Waals surface area contributed by atoms with Crippen LogP contribution >= 0.6 is 46.4 Å². The third-order valence-corrected chi connectivity index (χ3v) is 17.9. The number of aliphatic carboxylic acids is 3. The van der Waals surface area contributed by atoms with Gasteiger partial charge in [-0.15, -0.1) is 0 Å². The van der Waals surface area contributed by atoms with Crippen molar-refractivity contribution in [1.29, 1.82) is 0 Å². The molecule has 6 aromatic rings. The van der Waals surface area contributed by atoms with Gasteiger partial charge in [0.1, 0.15) is 23.9 Å². The van der Waals surface area contributed by atoms with E-state index in [1.54, 1.807) is 63.5 Å². The number of hydroxylamine groups is 1. The number of carbonyl (C=O) groups excluding carboxylic acids is 5. The number of nitrogens with zero attached hydrogens (tertiary/aromatic N) is 1. The van der Waals surface area contributed by atoms with Crippen molar-refractivity contribution < 1.29 is 97.9 Å². The van der Waals surface area contributed by atoms with Crippen LogP contribution in [0.3, 0.4) is 0 Å². The molecule has 8 atom stereocenters. The molecule has 10 rings (SSSR count). The second-order valence-electron chi connectivity index (χ2n) is 23.1. The van der Waals surface area contributed by atoms with Crippen LogP contribution in [-0.2, 0) is 89.6 Å². The van der Waals surface area contributed by atoms with Gasteiger partial charge in [0.2, 0.25) is 5.91 Å². The standard InChI is InChI=1S/C25H25ClN2O5.C14H14Cl2O5.C14H15ClO5.C14H16O5.B/c1-3-32-24(30)25(13-19(25)23(29)28-31)12-16-8-9-22(20(26)11-16)33-14-17-10-15(2)27-21-7-5-4-6-18(17)21;1-2-21-13(20)14(6-8(14)12(18)19)5-7-3-9(15)11(17)10(16)4-7;1-2-20-13(19)14(7-9(14)12(17)18)6-8-3-4-11(16)10(15)5-8;1-2-19-13(18)14(8-11(14)12(16)17)7-9-3-5-10(15)6-4-9;/h4-11,19,31H,3,12-14H2,1-2H3,(H,28,29);3-4,8,17H,2,5-6H2,1H3,(H,18,19);3-5,9,16H,2,6-7H2,1H3,(H,17,18);3-6,11,15H,2,7-8H2,1H3,(H,16,17);/t19?,25-;8?,14-;9?,14-;11?,14-;/m0000./s1. The lowest BCUT2D eigenvalue weighted by Crippen LogP contribution is -2.30. The Morgan fingerprint density at radius 1 is 0.511 bits per heavy atom. The third-order valence-electron chi connectivity index (χ3n) is 16.8. The molecule has 3 radical (unpaired) electrons. The zero-order valence-corrected chi connectivity index (χ0v) is 54.8. The number of carbonyl (C=O) groups is 8. The number of fused-ring (bicyclic) bond motifs is 1. The van der Waals surface area contributed by atoms with Gasteiger partial charge in [-0.1, -0.05) is 88.9 Å². The Hall–Kier alpha value is -8.35.